The van der Waals surface area contributed by atoms with Gasteiger partial charge in [-0.05, 0) is 31.4 Å². The summed E-state index contributed by atoms with van der Waals surface area (Å²) < 4.78 is 5.81. The second-order valence-electron chi connectivity index (χ2n) is 5.76. The Morgan fingerprint density at radius 2 is 1.65 bits per heavy atom. The van der Waals surface area contributed by atoms with E-state index in [1.807, 2.05) is 18.2 Å². The van der Waals surface area contributed by atoms with Gasteiger partial charge >= 0.3 is 0 Å². The zero-order chi connectivity index (χ0) is 16.3. The van der Waals surface area contributed by atoms with Crippen molar-refractivity contribution in [1.29, 1.82) is 0 Å². The molecule has 2 aromatic rings. The van der Waals surface area contributed by atoms with Crippen LogP contribution in [-0.2, 0) is 11.3 Å². The van der Waals surface area contributed by atoms with E-state index in [0.717, 1.165) is 13.0 Å². The first-order valence-corrected chi connectivity index (χ1v) is 8.35. The number of benzene rings is 2. The summed E-state index contributed by atoms with van der Waals surface area (Å²) in [5.41, 5.74) is 2.54. The van der Waals surface area contributed by atoms with Gasteiger partial charge in [-0.1, -0.05) is 72.8 Å². The molecular weight excluding hydrogens is 282 g/mol. The third-order valence-corrected chi connectivity index (χ3v) is 3.87. The van der Waals surface area contributed by atoms with Gasteiger partial charge < -0.3 is 10.1 Å². The third kappa shape index (κ3) is 6.39. The van der Waals surface area contributed by atoms with Gasteiger partial charge in [-0.3, -0.25) is 0 Å². The van der Waals surface area contributed by atoms with E-state index in [1.54, 1.807) is 0 Å². The van der Waals surface area contributed by atoms with Crippen molar-refractivity contribution in [2.75, 3.05) is 6.61 Å². The molecule has 0 aliphatic rings. The van der Waals surface area contributed by atoms with Crippen molar-refractivity contribution in [3.63, 3.8) is 0 Å². The molecular formula is C21H27NO. The molecule has 0 heterocycles. The molecule has 0 radical (unpaired) electrons. The molecule has 0 aliphatic carbocycles. The number of ether oxygens (including phenoxy) is 1. The van der Waals surface area contributed by atoms with Crippen molar-refractivity contribution in [1.82, 2.24) is 5.32 Å². The van der Waals surface area contributed by atoms with Crippen LogP contribution >= 0.6 is 0 Å². The Kier molecular flexibility index (Phi) is 7.58. The van der Waals surface area contributed by atoms with Gasteiger partial charge in [0.2, 0.25) is 0 Å². The molecule has 0 fully saturated rings. The second kappa shape index (κ2) is 9.98. The predicted molar refractivity (Wildman–Crippen MR) is 97.3 cm³/mol. The molecule has 2 nitrogen and oxygen atoms in total. The molecule has 2 atom stereocenters. The summed E-state index contributed by atoms with van der Waals surface area (Å²) in [5, 5.41) is 3.67. The molecule has 2 rings (SSSR count). The average molecular weight is 309 g/mol. The van der Waals surface area contributed by atoms with E-state index in [2.05, 4.69) is 73.8 Å². The van der Waals surface area contributed by atoms with Crippen molar-refractivity contribution in [3.8, 4) is 0 Å². The number of hydrogen-bond donors (Lipinski definition) is 1. The minimum absolute atomic E-state index is 0.325. The fourth-order valence-electron chi connectivity index (χ4n) is 2.60. The smallest absolute Gasteiger partial charge is 0.0716 e. The molecule has 0 saturated heterocycles. The molecule has 0 spiro atoms. The first-order valence-electron chi connectivity index (χ1n) is 8.35. The molecule has 1 N–H and O–H groups in total. The molecule has 2 aromatic carbocycles. The van der Waals surface area contributed by atoms with E-state index in [-0.39, 0.29) is 0 Å². The summed E-state index contributed by atoms with van der Waals surface area (Å²) in [6.45, 7) is 5.69. The largest absolute Gasteiger partial charge is 0.377 e. The van der Waals surface area contributed by atoms with Crippen molar-refractivity contribution < 1.29 is 4.74 Å². The Balaban J connectivity index is 1.77. The van der Waals surface area contributed by atoms with E-state index in [1.165, 1.54) is 11.1 Å². The SMILES string of the molecule is C/C=C/[C@H](CCOCc1ccccc1)N[C@H](C)c1ccccc1. The van der Waals surface area contributed by atoms with Crippen LogP contribution in [0, 0.1) is 0 Å². The topological polar surface area (TPSA) is 21.3 Å². The van der Waals surface area contributed by atoms with Crippen LogP contribution in [0.5, 0.6) is 0 Å². The summed E-state index contributed by atoms with van der Waals surface area (Å²) in [7, 11) is 0. The van der Waals surface area contributed by atoms with Crippen LogP contribution < -0.4 is 5.32 Å². The van der Waals surface area contributed by atoms with Crippen LogP contribution in [0.1, 0.15) is 37.4 Å². The lowest BCUT2D eigenvalue weighted by Crippen LogP contribution is -2.31. The Hall–Kier alpha value is -1.90. The van der Waals surface area contributed by atoms with Gasteiger partial charge in [-0.25, -0.2) is 0 Å². The van der Waals surface area contributed by atoms with Gasteiger partial charge in [0.25, 0.3) is 0 Å². The lowest BCUT2D eigenvalue weighted by atomic mass is 10.1. The van der Waals surface area contributed by atoms with E-state index in [9.17, 15) is 0 Å². The van der Waals surface area contributed by atoms with Crippen LogP contribution in [0.3, 0.4) is 0 Å². The van der Waals surface area contributed by atoms with Crippen LogP contribution in [0.4, 0.5) is 0 Å². The zero-order valence-electron chi connectivity index (χ0n) is 14.1. The molecule has 0 bridgehead atoms. The van der Waals surface area contributed by atoms with Gasteiger partial charge in [-0.15, -0.1) is 0 Å². The standard InChI is InChI=1S/C21H27NO/c1-3-10-21(22-18(2)20-13-8-5-9-14-20)15-16-23-17-19-11-6-4-7-12-19/h3-14,18,21-22H,15-17H2,1-2H3/b10-3+/t18-,21-/m1/s1. The maximum absolute atomic E-state index is 5.81. The monoisotopic (exact) mass is 309 g/mol. The van der Waals surface area contributed by atoms with Crippen LogP contribution in [0.25, 0.3) is 0 Å². The molecule has 0 unspecified atom stereocenters. The summed E-state index contributed by atoms with van der Waals surface area (Å²) >= 11 is 0. The average Bonchev–Trinajstić information content (AvgIpc) is 2.60. The Morgan fingerprint density at radius 1 is 1.00 bits per heavy atom. The summed E-state index contributed by atoms with van der Waals surface area (Å²) in [4.78, 5) is 0. The minimum Gasteiger partial charge on any atom is -0.377 e. The van der Waals surface area contributed by atoms with Gasteiger partial charge in [0, 0.05) is 18.7 Å². The minimum atomic E-state index is 0.325. The molecule has 0 saturated carbocycles. The number of allylic oxidation sites excluding steroid dienone is 1. The maximum atomic E-state index is 5.81. The molecule has 23 heavy (non-hydrogen) atoms. The van der Waals surface area contributed by atoms with Gasteiger partial charge in [0.05, 0.1) is 6.61 Å². The quantitative estimate of drug-likeness (QED) is 0.526. The highest BCUT2D eigenvalue weighted by Crippen LogP contribution is 2.13. The fraction of sp³-hybridized carbons (Fsp3) is 0.333. The van der Waals surface area contributed by atoms with Crippen molar-refractivity contribution in [3.05, 3.63) is 83.9 Å². The first kappa shape index (κ1) is 17.5. The molecule has 122 valence electrons. The van der Waals surface area contributed by atoms with Gasteiger partial charge in [0.1, 0.15) is 0 Å². The number of rotatable bonds is 9. The second-order valence-corrected chi connectivity index (χ2v) is 5.76. The third-order valence-electron chi connectivity index (χ3n) is 3.87. The highest BCUT2D eigenvalue weighted by atomic mass is 16.5. The van der Waals surface area contributed by atoms with Crippen LogP contribution in [0.15, 0.2) is 72.8 Å². The van der Waals surface area contributed by atoms with Crippen molar-refractivity contribution in [2.45, 2.75) is 39.0 Å². The van der Waals surface area contributed by atoms with Gasteiger partial charge in [-0.2, -0.15) is 0 Å². The zero-order valence-corrected chi connectivity index (χ0v) is 14.1. The Bertz CT molecular complexity index is 565. The lowest BCUT2D eigenvalue weighted by molar-refractivity contribution is 0.113. The van der Waals surface area contributed by atoms with E-state index in [0.29, 0.717) is 18.7 Å². The van der Waals surface area contributed by atoms with Crippen LogP contribution in [0.2, 0.25) is 0 Å². The van der Waals surface area contributed by atoms with Crippen LogP contribution in [-0.4, -0.2) is 12.6 Å². The number of nitrogens with one attached hydrogen (secondary N) is 1. The van der Waals surface area contributed by atoms with E-state index < -0.39 is 0 Å². The Labute approximate surface area is 140 Å². The number of hydrogen-bond acceptors (Lipinski definition) is 2. The van der Waals surface area contributed by atoms with E-state index >= 15 is 0 Å². The molecule has 2 heteroatoms. The lowest BCUT2D eigenvalue weighted by Gasteiger charge is -2.21. The van der Waals surface area contributed by atoms with Crippen molar-refractivity contribution in [2.24, 2.45) is 0 Å². The Morgan fingerprint density at radius 3 is 2.30 bits per heavy atom. The van der Waals surface area contributed by atoms with Gasteiger partial charge in [0.15, 0.2) is 0 Å². The van der Waals surface area contributed by atoms with Crippen molar-refractivity contribution >= 4 is 0 Å². The fourth-order valence-corrected chi connectivity index (χ4v) is 2.60. The highest BCUT2D eigenvalue weighted by molar-refractivity contribution is 5.18. The highest BCUT2D eigenvalue weighted by Gasteiger charge is 2.10. The normalized spacial score (nSPS) is 14.0. The predicted octanol–water partition coefficient (Wildman–Crippen LogP) is 4.89. The van der Waals surface area contributed by atoms with E-state index in [4.69, 9.17) is 4.74 Å². The maximum Gasteiger partial charge on any atom is 0.0716 e. The molecule has 0 aliphatic heterocycles. The molecule has 0 amide bonds. The molecule has 0 aromatic heterocycles. The summed E-state index contributed by atoms with van der Waals surface area (Å²) in [6.07, 6.45) is 5.28. The first-order chi connectivity index (χ1) is 11.3. The summed E-state index contributed by atoms with van der Waals surface area (Å²) in [6, 6.07) is 21.5. The summed E-state index contributed by atoms with van der Waals surface area (Å²) in [5.74, 6) is 0.